The molecule has 0 bridgehead atoms. The Balaban J connectivity index is 2.01. The number of alkyl halides is 6. The lowest BCUT2D eigenvalue weighted by Gasteiger charge is -2.25. The summed E-state index contributed by atoms with van der Waals surface area (Å²) in [5.41, 5.74) is 0.314. The first-order valence-electron chi connectivity index (χ1n) is 12.7. The summed E-state index contributed by atoms with van der Waals surface area (Å²) in [5, 5.41) is 11.2. The molecule has 1 heterocycles. The van der Waals surface area contributed by atoms with Crippen LogP contribution in [-0.2, 0) is 12.4 Å². The largest absolute Gasteiger partial charge is 0.416 e. The van der Waals surface area contributed by atoms with Crippen LogP contribution in [-0.4, -0.2) is 34.6 Å². The summed E-state index contributed by atoms with van der Waals surface area (Å²) in [6, 6.07) is 12.3. The van der Waals surface area contributed by atoms with E-state index in [1.165, 1.54) is 24.3 Å². The zero-order chi connectivity index (χ0) is 27.9. The molecule has 0 amide bonds. The molecule has 0 unspecified atom stereocenters. The number of pyridine rings is 1. The fourth-order valence-electron chi connectivity index (χ4n) is 4.11. The van der Waals surface area contributed by atoms with Crippen LogP contribution in [0.3, 0.4) is 0 Å². The molecule has 1 atom stereocenters. The van der Waals surface area contributed by atoms with Crippen molar-refractivity contribution in [2.45, 2.75) is 58.0 Å². The molecule has 0 aliphatic heterocycles. The van der Waals surface area contributed by atoms with E-state index in [1.807, 2.05) is 0 Å². The average Bonchev–Trinajstić information content (AvgIpc) is 2.89. The lowest BCUT2D eigenvalue weighted by molar-refractivity contribution is -0.138. The Bertz CT molecular complexity index is 1070. The molecular formula is C29H32F6N2O. The van der Waals surface area contributed by atoms with Gasteiger partial charge in [0.2, 0.25) is 0 Å². The van der Waals surface area contributed by atoms with E-state index in [4.69, 9.17) is 0 Å². The molecular weight excluding hydrogens is 506 g/mol. The Morgan fingerprint density at radius 2 is 1.11 bits per heavy atom. The van der Waals surface area contributed by atoms with Crippen molar-refractivity contribution >= 4 is 0 Å². The van der Waals surface area contributed by atoms with Crippen LogP contribution in [0.4, 0.5) is 26.3 Å². The lowest BCUT2D eigenvalue weighted by Crippen LogP contribution is -2.30. The third-order valence-corrected chi connectivity index (χ3v) is 6.34. The number of unbranched alkanes of at least 4 members (excludes halogenated alkanes) is 2. The first-order chi connectivity index (χ1) is 17.9. The summed E-state index contributed by atoms with van der Waals surface area (Å²) in [6.45, 7) is 6.16. The molecule has 0 radical (unpaired) electrons. The van der Waals surface area contributed by atoms with E-state index in [1.54, 1.807) is 12.1 Å². The quantitative estimate of drug-likeness (QED) is 0.249. The normalized spacial score (nSPS) is 13.2. The highest BCUT2D eigenvalue weighted by molar-refractivity contribution is 5.68. The zero-order valence-corrected chi connectivity index (χ0v) is 21.4. The Labute approximate surface area is 219 Å². The number of halogens is 6. The van der Waals surface area contributed by atoms with Gasteiger partial charge in [0, 0.05) is 17.7 Å². The monoisotopic (exact) mass is 538 g/mol. The minimum absolute atomic E-state index is 0.318. The van der Waals surface area contributed by atoms with Crippen molar-refractivity contribution in [3.05, 3.63) is 77.4 Å². The SMILES string of the molecule is CCCCN(CCCC)C[C@@H](O)c1cc(-c2ccc(C(F)(F)F)cc2)nc(-c2ccc(C(F)(F)F)cc2)c1. The second-order valence-electron chi connectivity index (χ2n) is 9.34. The van der Waals surface area contributed by atoms with Gasteiger partial charge in [-0.15, -0.1) is 0 Å². The van der Waals surface area contributed by atoms with Crippen molar-refractivity contribution in [1.29, 1.82) is 0 Å². The fourth-order valence-corrected chi connectivity index (χ4v) is 4.11. The van der Waals surface area contributed by atoms with Gasteiger partial charge in [0.05, 0.1) is 28.6 Å². The molecule has 0 fully saturated rings. The topological polar surface area (TPSA) is 36.4 Å². The Hall–Kier alpha value is -2.91. The molecule has 3 nitrogen and oxygen atoms in total. The highest BCUT2D eigenvalue weighted by Crippen LogP contribution is 2.34. The van der Waals surface area contributed by atoms with E-state index in [0.717, 1.165) is 63.0 Å². The Morgan fingerprint density at radius 3 is 1.45 bits per heavy atom. The molecule has 3 rings (SSSR count). The molecule has 0 saturated heterocycles. The molecule has 1 aromatic heterocycles. The first-order valence-corrected chi connectivity index (χ1v) is 12.7. The molecule has 0 spiro atoms. The summed E-state index contributed by atoms with van der Waals surface area (Å²) in [4.78, 5) is 6.71. The fraction of sp³-hybridized carbons (Fsp3) is 0.414. The van der Waals surface area contributed by atoms with Crippen LogP contribution < -0.4 is 0 Å². The maximum Gasteiger partial charge on any atom is 0.416 e. The summed E-state index contributed by atoms with van der Waals surface area (Å²) < 4.78 is 78.4. The molecule has 0 aliphatic carbocycles. The van der Waals surface area contributed by atoms with E-state index >= 15 is 0 Å². The van der Waals surface area contributed by atoms with Crippen LogP contribution >= 0.6 is 0 Å². The summed E-state index contributed by atoms with van der Waals surface area (Å²) in [5.74, 6) is 0. The van der Waals surface area contributed by atoms with Crippen molar-refractivity contribution in [1.82, 2.24) is 9.88 Å². The predicted molar refractivity (Wildman–Crippen MR) is 136 cm³/mol. The second-order valence-corrected chi connectivity index (χ2v) is 9.34. The highest BCUT2D eigenvalue weighted by atomic mass is 19.4. The Morgan fingerprint density at radius 1 is 0.711 bits per heavy atom. The van der Waals surface area contributed by atoms with E-state index in [9.17, 15) is 31.4 Å². The van der Waals surface area contributed by atoms with Gasteiger partial charge in [0.15, 0.2) is 0 Å². The number of aliphatic hydroxyl groups is 1. The van der Waals surface area contributed by atoms with Crippen LogP contribution in [0, 0.1) is 0 Å². The second kappa shape index (κ2) is 12.8. The minimum Gasteiger partial charge on any atom is -0.387 e. The number of aromatic nitrogens is 1. The standard InChI is InChI=1S/C29H32F6N2O/c1-3-5-15-37(16-6-4-2)19-27(38)22-17-25(20-7-11-23(12-8-20)28(30,31)32)36-26(18-22)21-9-13-24(14-10-21)29(33,34)35/h7-14,17-18,27,38H,3-6,15-16,19H2,1-2H3/t27-/m1/s1. The van der Waals surface area contributed by atoms with Gasteiger partial charge in [0.25, 0.3) is 0 Å². The third kappa shape index (κ3) is 8.04. The van der Waals surface area contributed by atoms with Crippen LogP contribution in [0.1, 0.15) is 62.3 Å². The van der Waals surface area contributed by atoms with Crippen molar-refractivity contribution < 1.29 is 31.4 Å². The average molecular weight is 539 g/mol. The molecule has 3 aromatic rings. The van der Waals surface area contributed by atoms with Gasteiger partial charge in [0.1, 0.15) is 0 Å². The summed E-state index contributed by atoms with van der Waals surface area (Å²) >= 11 is 0. The number of hydrogen-bond donors (Lipinski definition) is 1. The zero-order valence-electron chi connectivity index (χ0n) is 21.4. The van der Waals surface area contributed by atoms with E-state index in [0.29, 0.717) is 34.6 Å². The van der Waals surface area contributed by atoms with Gasteiger partial charge < -0.3 is 10.0 Å². The van der Waals surface area contributed by atoms with Gasteiger partial charge in [-0.3, -0.25) is 0 Å². The first kappa shape index (κ1) is 29.6. The van der Waals surface area contributed by atoms with Crippen LogP contribution in [0.5, 0.6) is 0 Å². The molecule has 0 saturated carbocycles. The molecule has 206 valence electrons. The van der Waals surface area contributed by atoms with Gasteiger partial charge in [-0.05, 0) is 67.9 Å². The van der Waals surface area contributed by atoms with Crippen LogP contribution in [0.2, 0.25) is 0 Å². The van der Waals surface area contributed by atoms with Gasteiger partial charge in [-0.25, -0.2) is 4.98 Å². The van der Waals surface area contributed by atoms with Crippen molar-refractivity contribution in [2.75, 3.05) is 19.6 Å². The number of hydrogen-bond acceptors (Lipinski definition) is 3. The number of rotatable bonds is 11. The van der Waals surface area contributed by atoms with Gasteiger partial charge >= 0.3 is 12.4 Å². The summed E-state index contributed by atoms with van der Waals surface area (Å²) in [7, 11) is 0. The van der Waals surface area contributed by atoms with Crippen LogP contribution in [0.15, 0.2) is 60.7 Å². The van der Waals surface area contributed by atoms with Gasteiger partial charge in [-0.2, -0.15) is 26.3 Å². The maximum atomic E-state index is 13.1. The van der Waals surface area contributed by atoms with Crippen molar-refractivity contribution in [3.8, 4) is 22.5 Å². The predicted octanol–water partition coefficient (Wildman–Crippen LogP) is 8.39. The summed E-state index contributed by atoms with van der Waals surface area (Å²) in [6.07, 6.45) is -5.95. The Kier molecular flexibility index (Phi) is 9.95. The maximum absolute atomic E-state index is 13.1. The number of aliphatic hydroxyl groups excluding tert-OH is 1. The molecule has 38 heavy (non-hydrogen) atoms. The van der Waals surface area contributed by atoms with Crippen LogP contribution in [0.25, 0.3) is 22.5 Å². The molecule has 0 aliphatic rings. The molecule has 2 aromatic carbocycles. The number of nitrogens with zero attached hydrogens (tertiary/aromatic N) is 2. The van der Waals surface area contributed by atoms with Crippen molar-refractivity contribution in [2.24, 2.45) is 0 Å². The molecule has 9 heteroatoms. The lowest BCUT2D eigenvalue weighted by atomic mass is 10.00. The van der Waals surface area contributed by atoms with E-state index in [-0.39, 0.29) is 0 Å². The highest BCUT2D eigenvalue weighted by Gasteiger charge is 2.31. The van der Waals surface area contributed by atoms with E-state index < -0.39 is 29.6 Å². The van der Waals surface area contributed by atoms with E-state index in [2.05, 4.69) is 23.7 Å². The van der Waals surface area contributed by atoms with Gasteiger partial charge in [-0.1, -0.05) is 51.0 Å². The molecule has 1 N–H and O–H groups in total. The third-order valence-electron chi connectivity index (χ3n) is 6.34. The smallest absolute Gasteiger partial charge is 0.387 e. The minimum atomic E-state index is -4.49. The van der Waals surface area contributed by atoms with Crippen molar-refractivity contribution in [3.63, 3.8) is 0 Å². The number of benzene rings is 2.